The zero-order chi connectivity index (χ0) is 30.0. The molecule has 0 bridgehead atoms. The van der Waals surface area contributed by atoms with E-state index in [9.17, 15) is 24.3 Å². The van der Waals surface area contributed by atoms with Gasteiger partial charge in [0.25, 0.3) is 0 Å². The lowest BCUT2D eigenvalue weighted by molar-refractivity contribution is -0.145. The molecule has 12 heteroatoms. The van der Waals surface area contributed by atoms with E-state index in [-0.39, 0.29) is 61.0 Å². The summed E-state index contributed by atoms with van der Waals surface area (Å²) >= 11 is 0. The molecule has 2 N–H and O–H groups in total. The molecule has 0 radical (unpaired) electrons. The molecular weight excluding hydrogens is 550 g/mol. The molecule has 3 saturated carbocycles. The van der Waals surface area contributed by atoms with Gasteiger partial charge in [-0.3, -0.25) is 19.4 Å². The number of morpholine rings is 1. The number of alkyl halides is 2. The standard InChI is InChI=1S/C30H46F2N4O6/c1-34-28(38)21-7-2-3-8-25(21)36(30(34)41)17-19-6-4-5-18(13-19)14-24(29(39)40)33-27(37)26-22(31)15-20(16-23(26)32)35-9-11-42-12-10-35/h18-26H,2-17H2,1H3,(H,33,37)(H,39,40). The van der Waals surface area contributed by atoms with Crippen LogP contribution in [0, 0.1) is 23.7 Å². The van der Waals surface area contributed by atoms with Crippen LogP contribution in [0.3, 0.4) is 0 Å². The highest BCUT2D eigenvalue weighted by molar-refractivity contribution is 5.98. The van der Waals surface area contributed by atoms with Crippen molar-refractivity contribution in [2.75, 3.05) is 39.9 Å². The topological polar surface area (TPSA) is 119 Å². The molecule has 10 nitrogen and oxygen atoms in total. The number of amides is 4. The molecule has 236 valence electrons. The van der Waals surface area contributed by atoms with Gasteiger partial charge in [0.2, 0.25) is 11.8 Å². The number of nitrogens with zero attached hydrogens (tertiary/aromatic N) is 3. The fourth-order valence-corrected chi connectivity index (χ4v) is 8.25. The van der Waals surface area contributed by atoms with Crippen LogP contribution in [0.5, 0.6) is 0 Å². The van der Waals surface area contributed by atoms with E-state index in [0.717, 1.165) is 44.9 Å². The Labute approximate surface area is 246 Å². The monoisotopic (exact) mass is 596 g/mol. The predicted molar refractivity (Wildman–Crippen MR) is 149 cm³/mol. The highest BCUT2D eigenvalue weighted by atomic mass is 19.1. The smallest absolute Gasteiger partial charge is 0.326 e. The van der Waals surface area contributed by atoms with E-state index in [0.29, 0.717) is 39.3 Å². The number of rotatable bonds is 8. The van der Waals surface area contributed by atoms with E-state index in [1.165, 1.54) is 4.90 Å². The molecule has 7 unspecified atom stereocenters. The zero-order valence-electron chi connectivity index (χ0n) is 24.6. The number of halogens is 2. The summed E-state index contributed by atoms with van der Waals surface area (Å²) in [6, 6.07) is -1.88. The summed E-state index contributed by atoms with van der Waals surface area (Å²) in [6.45, 7) is 2.77. The fraction of sp³-hybridized carbons (Fsp3) is 0.867. The first-order chi connectivity index (χ1) is 20.1. The minimum atomic E-state index is -1.69. The Balaban J connectivity index is 1.16. The Morgan fingerprint density at radius 3 is 2.33 bits per heavy atom. The van der Waals surface area contributed by atoms with E-state index in [1.807, 2.05) is 9.80 Å². The molecule has 5 aliphatic rings. The number of carbonyl (C=O) groups is 4. The maximum atomic E-state index is 15.2. The summed E-state index contributed by atoms with van der Waals surface area (Å²) in [4.78, 5) is 56.1. The SMILES string of the molecule is CN1C(=O)C2CCCCC2N(CC2CCCC(CC(NC(=O)C3C(F)CC(N4CCOCC4)CC3F)C(=O)O)C2)C1=O. The van der Waals surface area contributed by atoms with Crippen molar-refractivity contribution < 1.29 is 37.8 Å². The fourth-order valence-electron chi connectivity index (χ4n) is 8.25. The average Bonchev–Trinajstić information content (AvgIpc) is 2.98. The van der Waals surface area contributed by atoms with Crippen molar-refractivity contribution in [3.8, 4) is 0 Å². The number of hydrogen-bond donors (Lipinski definition) is 2. The maximum Gasteiger partial charge on any atom is 0.326 e. The number of carboxylic acids is 1. The van der Waals surface area contributed by atoms with E-state index < -0.39 is 36.2 Å². The van der Waals surface area contributed by atoms with Gasteiger partial charge in [0, 0.05) is 38.8 Å². The van der Waals surface area contributed by atoms with Crippen LogP contribution in [0.25, 0.3) is 0 Å². The first-order valence-electron chi connectivity index (χ1n) is 15.8. The van der Waals surface area contributed by atoms with Gasteiger partial charge in [-0.2, -0.15) is 0 Å². The van der Waals surface area contributed by atoms with Crippen molar-refractivity contribution >= 4 is 23.8 Å². The van der Waals surface area contributed by atoms with Crippen LogP contribution < -0.4 is 5.32 Å². The van der Waals surface area contributed by atoms with Gasteiger partial charge in [0.1, 0.15) is 24.3 Å². The Hall–Kier alpha value is -2.34. The minimum Gasteiger partial charge on any atom is -0.480 e. The molecule has 3 aliphatic carbocycles. The number of ether oxygens (including phenoxy) is 1. The van der Waals surface area contributed by atoms with E-state index in [1.54, 1.807) is 7.05 Å². The summed E-state index contributed by atoms with van der Waals surface area (Å²) in [5, 5.41) is 12.4. The van der Waals surface area contributed by atoms with Gasteiger partial charge in [-0.25, -0.2) is 18.4 Å². The van der Waals surface area contributed by atoms with Crippen molar-refractivity contribution in [3.63, 3.8) is 0 Å². The summed E-state index contributed by atoms with van der Waals surface area (Å²) < 4.78 is 35.7. The Bertz CT molecular complexity index is 1000. The molecule has 0 spiro atoms. The summed E-state index contributed by atoms with van der Waals surface area (Å²) in [7, 11) is 1.55. The van der Waals surface area contributed by atoms with Crippen molar-refractivity contribution in [3.05, 3.63) is 0 Å². The first-order valence-corrected chi connectivity index (χ1v) is 15.8. The van der Waals surface area contributed by atoms with E-state index in [4.69, 9.17) is 4.74 Å². The summed E-state index contributed by atoms with van der Waals surface area (Å²) in [6.07, 6.45) is 3.71. The van der Waals surface area contributed by atoms with Gasteiger partial charge in [0.15, 0.2) is 0 Å². The largest absolute Gasteiger partial charge is 0.480 e. The third kappa shape index (κ3) is 6.74. The number of fused-ring (bicyclic) bond motifs is 1. The van der Waals surface area contributed by atoms with Crippen LogP contribution in [-0.2, 0) is 19.1 Å². The van der Waals surface area contributed by atoms with E-state index >= 15 is 8.78 Å². The van der Waals surface area contributed by atoms with Gasteiger partial charge in [0.05, 0.1) is 19.1 Å². The van der Waals surface area contributed by atoms with Crippen molar-refractivity contribution in [2.45, 2.75) is 101 Å². The van der Waals surface area contributed by atoms with Crippen LogP contribution in [0.15, 0.2) is 0 Å². The van der Waals surface area contributed by atoms with E-state index in [2.05, 4.69) is 5.32 Å². The highest BCUT2D eigenvalue weighted by Crippen LogP contribution is 2.38. The number of urea groups is 1. The lowest BCUT2D eigenvalue weighted by Gasteiger charge is -2.47. The Kier molecular flexibility index (Phi) is 10.0. The number of carboxylic acid groups (broad SMARTS) is 1. The molecule has 5 rings (SSSR count). The number of nitrogens with one attached hydrogen (secondary N) is 1. The first kappa shape index (κ1) is 31.1. The molecule has 7 atom stereocenters. The van der Waals surface area contributed by atoms with Crippen LogP contribution in [-0.4, -0.2) is 114 Å². The van der Waals surface area contributed by atoms with Crippen molar-refractivity contribution in [1.29, 1.82) is 0 Å². The number of aliphatic carboxylic acids is 1. The summed E-state index contributed by atoms with van der Waals surface area (Å²) in [5.41, 5.74) is 0. The third-order valence-corrected chi connectivity index (χ3v) is 10.5. The predicted octanol–water partition coefficient (Wildman–Crippen LogP) is 2.99. The van der Waals surface area contributed by atoms with Gasteiger partial charge < -0.3 is 20.1 Å². The normalized spacial score (nSPS) is 37.2. The molecule has 0 aromatic heterocycles. The second-order valence-corrected chi connectivity index (χ2v) is 13.2. The molecule has 0 aromatic rings. The lowest BCUT2D eigenvalue weighted by Crippen LogP contribution is -2.62. The van der Waals surface area contributed by atoms with Crippen LogP contribution in [0.2, 0.25) is 0 Å². The minimum absolute atomic E-state index is 0.00837. The molecule has 2 heterocycles. The number of carbonyl (C=O) groups excluding carboxylic acids is 3. The van der Waals surface area contributed by atoms with Gasteiger partial charge in [-0.05, 0) is 56.8 Å². The highest BCUT2D eigenvalue weighted by Gasteiger charge is 2.47. The zero-order valence-corrected chi connectivity index (χ0v) is 24.6. The Morgan fingerprint density at radius 1 is 0.976 bits per heavy atom. The second-order valence-electron chi connectivity index (χ2n) is 13.2. The summed E-state index contributed by atoms with van der Waals surface area (Å²) in [5.74, 6) is -3.71. The Morgan fingerprint density at radius 2 is 1.64 bits per heavy atom. The van der Waals surface area contributed by atoms with Crippen LogP contribution >= 0.6 is 0 Å². The molecule has 0 aromatic carbocycles. The van der Waals surface area contributed by atoms with Crippen molar-refractivity contribution in [1.82, 2.24) is 20.0 Å². The molecule has 42 heavy (non-hydrogen) atoms. The molecule has 2 saturated heterocycles. The second kappa shape index (κ2) is 13.5. The molecule has 5 fully saturated rings. The third-order valence-electron chi connectivity index (χ3n) is 10.5. The molecule has 4 amide bonds. The number of imide groups is 1. The molecule has 2 aliphatic heterocycles. The van der Waals surface area contributed by atoms with Crippen LogP contribution in [0.1, 0.15) is 70.6 Å². The average molecular weight is 597 g/mol. The lowest BCUT2D eigenvalue weighted by atomic mass is 9.76. The van der Waals surface area contributed by atoms with Crippen molar-refractivity contribution in [2.24, 2.45) is 23.7 Å². The number of hydrogen-bond acceptors (Lipinski definition) is 6. The maximum absolute atomic E-state index is 15.2. The van der Waals surface area contributed by atoms with Gasteiger partial charge in [-0.15, -0.1) is 0 Å². The quantitative estimate of drug-likeness (QED) is 0.442. The van der Waals surface area contributed by atoms with Crippen LogP contribution in [0.4, 0.5) is 13.6 Å². The molecular formula is C30H46F2N4O6. The van der Waals surface area contributed by atoms with Gasteiger partial charge in [-0.1, -0.05) is 25.7 Å². The van der Waals surface area contributed by atoms with Gasteiger partial charge >= 0.3 is 12.0 Å².